The Balaban J connectivity index is 1.91. The van der Waals surface area contributed by atoms with Gasteiger partial charge in [-0.3, -0.25) is 5.32 Å². The van der Waals surface area contributed by atoms with Crippen LogP contribution in [0.5, 0.6) is 0 Å². The quantitative estimate of drug-likeness (QED) is 0.709. The highest BCUT2D eigenvalue weighted by molar-refractivity contribution is 5.92. The molecule has 0 aliphatic rings. The molecule has 1 aromatic heterocycles. The number of ether oxygens (including phenoxy) is 2. The zero-order valence-corrected chi connectivity index (χ0v) is 13.8. The first-order valence-corrected chi connectivity index (χ1v) is 7.73. The van der Waals surface area contributed by atoms with E-state index in [0.29, 0.717) is 17.0 Å². The minimum Gasteiger partial charge on any atom is -0.465 e. The van der Waals surface area contributed by atoms with Gasteiger partial charge < -0.3 is 14.5 Å². The number of carbonyl (C=O) groups is 2. The number of rotatable bonds is 4. The van der Waals surface area contributed by atoms with Crippen molar-refractivity contribution < 1.29 is 19.1 Å². The number of esters is 1. The van der Waals surface area contributed by atoms with E-state index in [1.54, 1.807) is 25.1 Å². The standard InChI is InChI=1S/C18H17N3O4/c1-3-25-18(23)21-17-19-14-8-7-12(10-15(14)20-17)11-5-4-6-13(9-11)16(22)24-2/h4-10H,3H2,1-2H3,(H2,19,20,21,23). The molecule has 0 radical (unpaired) electrons. The smallest absolute Gasteiger partial charge is 0.413 e. The summed E-state index contributed by atoms with van der Waals surface area (Å²) in [4.78, 5) is 30.5. The summed E-state index contributed by atoms with van der Waals surface area (Å²) < 4.78 is 9.58. The fraction of sp³-hybridized carbons (Fsp3) is 0.167. The third-order valence-corrected chi connectivity index (χ3v) is 3.60. The SMILES string of the molecule is CCOC(=O)Nc1nc2cc(-c3cccc(C(=O)OC)c3)ccc2[nH]1. The Kier molecular flexibility index (Phi) is 4.65. The molecule has 0 spiro atoms. The molecule has 0 saturated carbocycles. The summed E-state index contributed by atoms with van der Waals surface area (Å²) in [5.41, 5.74) is 3.71. The Labute approximate surface area is 144 Å². The number of fused-ring (bicyclic) bond motifs is 1. The number of hydrogen-bond acceptors (Lipinski definition) is 5. The van der Waals surface area contributed by atoms with Crippen molar-refractivity contribution in [1.82, 2.24) is 9.97 Å². The number of amides is 1. The lowest BCUT2D eigenvalue weighted by Crippen LogP contribution is -2.14. The van der Waals surface area contributed by atoms with E-state index in [4.69, 9.17) is 9.47 Å². The van der Waals surface area contributed by atoms with E-state index >= 15 is 0 Å². The molecule has 0 saturated heterocycles. The van der Waals surface area contributed by atoms with Crippen molar-refractivity contribution in [3.63, 3.8) is 0 Å². The Morgan fingerprint density at radius 2 is 1.96 bits per heavy atom. The van der Waals surface area contributed by atoms with Crippen molar-refractivity contribution in [2.45, 2.75) is 6.92 Å². The summed E-state index contributed by atoms with van der Waals surface area (Å²) in [7, 11) is 1.35. The van der Waals surface area contributed by atoms with Crippen molar-refractivity contribution in [3.8, 4) is 11.1 Å². The molecule has 25 heavy (non-hydrogen) atoms. The molecule has 0 aliphatic heterocycles. The molecule has 1 amide bonds. The predicted octanol–water partition coefficient (Wildman–Crippen LogP) is 3.58. The third-order valence-electron chi connectivity index (χ3n) is 3.60. The maximum Gasteiger partial charge on any atom is 0.413 e. The van der Waals surface area contributed by atoms with Crippen LogP contribution in [-0.2, 0) is 9.47 Å². The van der Waals surface area contributed by atoms with Crippen molar-refractivity contribution in [2.24, 2.45) is 0 Å². The number of aromatic amines is 1. The van der Waals surface area contributed by atoms with Gasteiger partial charge in [0.25, 0.3) is 0 Å². The first kappa shape index (κ1) is 16.5. The van der Waals surface area contributed by atoms with Crippen LogP contribution >= 0.6 is 0 Å². The van der Waals surface area contributed by atoms with Gasteiger partial charge in [-0.15, -0.1) is 0 Å². The van der Waals surface area contributed by atoms with Crippen LogP contribution in [0.2, 0.25) is 0 Å². The van der Waals surface area contributed by atoms with Crippen LogP contribution in [0.4, 0.5) is 10.7 Å². The van der Waals surface area contributed by atoms with Gasteiger partial charge in [0.1, 0.15) is 0 Å². The zero-order chi connectivity index (χ0) is 17.8. The van der Waals surface area contributed by atoms with E-state index in [9.17, 15) is 9.59 Å². The molecule has 3 aromatic rings. The summed E-state index contributed by atoms with van der Waals surface area (Å²) in [6, 6.07) is 12.8. The first-order chi connectivity index (χ1) is 12.1. The minimum absolute atomic E-state index is 0.284. The average Bonchev–Trinajstić information content (AvgIpc) is 3.02. The molecule has 2 aromatic carbocycles. The second-order valence-corrected chi connectivity index (χ2v) is 5.24. The Morgan fingerprint density at radius 1 is 1.16 bits per heavy atom. The molecule has 2 N–H and O–H groups in total. The average molecular weight is 339 g/mol. The number of hydrogen-bond donors (Lipinski definition) is 2. The second-order valence-electron chi connectivity index (χ2n) is 5.24. The van der Waals surface area contributed by atoms with Gasteiger partial charge >= 0.3 is 12.1 Å². The summed E-state index contributed by atoms with van der Waals surface area (Å²) in [6.45, 7) is 2.01. The van der Waals surface area contributed by atoms with Crippen molar-refractivity contribution >= 4 is 29.0 Å². The summed E-state index contributed by atoms with van der Waals surface area (Å²) in [6.07, 6.45) is -0.562. The summed E-state index contributed by atoms with van der Waals surface area (Å²) in [5, 5.41) is 2.53. The third kappa shape index (κ3) is 3.60. The van der Waals surface area contributed by atoms with Crippen molar-refractivity contribution in [3.05, 3.63) is 48.0 Å². The zero-order valence-electron chi connectivity index (χ0n) is 13.8. The van der Waals surface area contributed by atoms with Crippen LogP contribution in [0, 0.1) is 0 Å². The van der Waals surface area contributed by atoms with Crippen molar-refractivity contribution in [1.29, 1.82) is 0 Å². The van der Waals surface area contributed by atoms with Gasteiger partial charge in [-0.05, 0) is 42.3 Å². The second kappa shape index (κ2) is 7.04. The van der Waals surface area contributed by atoms with Crippen LogP contribution in [-0.4, -0.2) is 35.7 Å². The van der Waals surface area contributed by atoms with Gasteiger partial charge in [0.15, 0.2) is 0 Å². The number of H-pyrrole nitrogens is 1. The molecule has 1 heterocycles. The Bertz CT molecular complexity index is 933. The molecule has 0 fully saturated rings. The van der Waals surface area contributed by atoms with Crippen LogP contribution in [0.3, 0.4) is 0 Å². The highest BCUT2D eigenvalue weighted by atomic mass is 16.5. The van der Waals surface area contributed by atoms with Gasteiger partial charge in [0, 0.05) is 0 Å². The van der Waals surface area contributed by atoms with E-state index in [0.717, 1.165) is 16.6 Å². The van der Waals surface area contributed by atoms with E-state index in [1.807, 2.05) is 24.3 Å². The van der Waals surface area contributed by atoms with Gasteiger partial charge in [-0.1, -0.05) is 18.2 Å². The Morgan fingerprint density at radius 3 is 2.72 bits per heavy atom. The van der Waals surface area contributed by atoms with Crippen LogP contribution in [0.1, 0.15) is 17.3 Å². The molecule has 0 atom stereocenters. The summed E-state index contributed by atoms with van der Waals surface area (Å²) >= 11 is 0. The lowest BCUT2D eigenvalue weighted by Gasteiger charge is -2.04. The molecule has 0 unspecified atom stereocenters. The fourth-order valence-electron chi connectivity index (χ4n) is 2.45. The Hall–Kier alpha value is -3.35. The topological polar surface area (TPSA) is 93.3 Å². The number of nitrogens with zero attached hydrogens (tertiary/aromatic N) is 1. The van der Waals surface area contributed by atoms with Gasteiger partial charge in [0.05, 0.1) is 30.3 Å². The van der Waals surface area contributed by atoms with Gasteiger partial charge in [-0.25, -0.2) is 14.6 Å². The normalized spacial score (nSPS) is 10.5. The maximum absolute atomic E-state index is 11.7. The lowest BCUT2D eigenvalue weighted by molar-refractivity contribution is 0.0600. The van der Waals surface area contributed by atoms with Crippen LogP contribution in [0.15, 0.2) is 42.5 Å². The number of methoxy groups -OCH3 is 1. The number of benzene rings is 2. The first-order valence-electron chi connectivity index (χ1n) is 7.73. The molecule has 7 heteroatoms. The van der Waals surface area contributed by atoms with Gasteiger partial charge in [-0.2, -0.15) is 0 Å². The highest BCUT2D eigenvalue weighted by Gasteiger charge is 2.10. The fourth-order valence-corrected chi connectivity index (χ4v) is 2.45. The maximum atomic E-state index is 11.7. The number of aromatic nitrogens is 2. The number of anilines is 1. The van der Waals surface area contributed by atoms with Crippen LogP contribution < -0.4 is 5.32 Å². The number of carbonyl (C=O) groups excluding carboxylic acids is 2. The minimum atomic E-state index is -0.562. The molecular formula is C18H17N3O4. The lowest BCUT2D eigenvalue weighted by atomic mass is 10.0. The van der Waals surface area contributed by atoms with E-state index in [1.165, 1.54) is 7.11 Å². The van der Waals surface area contributed by atoms with Crippen molar-refractivity contribution in [2.75, 3.05) is 19.0 Å². The number of imidazole rings is 1. The van der Waals surface area contributed by atoms with Crippen LogP contribution in [0.25, 0.3) is 22.2 Å². The molecular weight excluding hydrogens is 322 g/mol. The number of nitrogens with one attached hydrogen (secondary N) is 2. The van der Waals surface area contributed by atoms with E-state index < -0.39 is 6.09 Å². The van der Waals surface area contributed by atoms with E-state index in [-0.39, 0.29) is 12.6 Å². The summed E-state index contributed by atoms with van der Waals surface area (Å²) in [5.74, 6) is -0.0717. The molecule has 7 nitrogen and oxygen atoms in total. The molecule has 0 aliphatic carbocycles. The highest BCUT2D eigenvalue weighted by Crippen LogP contribution is 2.25. The predicted molar refractivity (Wildman–Crippen MR) is 93.5 cm³/mol. The molecule has 3 rings (SSSR count). The molecule has 0 bridgehead atoms. The monoisotopic (exact) mass is 339 g/mol. The van der Waals surface area contributed by atoms with Gasteiger partial charge in [0.2, 0.25) is 5.95 Å². The van der Waals surface area contributed by atoms with E-state index in [2.05, 4.69) is 15.3 Å². The molecule has 128 valence electrons. The largest absolute Gasteiger partial charge is 0.465 e.